The number of carbonyl (C=O) groups is 1. The standard InChI is InChI=1S/C15H18ClN3OS/c1-3-4-11-7-10(8-14(17)18-11)15(20)19(2)9-12-5-6-13(16)21-12/h5-8H,3-4,9H2,1-2H3,(H2,17,18). The summed E-state index contributed by atoms with van der Waals surface area (Å²) in [5, 5.41) is 0. The maximum atomic E-state index is 12.5. The zero-order valence-electron chi connectivity index (χ0n) is 12.1. The average Bonchev–Trinajstić information content (AvgIpc) is 2.83. The second kappa shape index (κ2) is 6.91. The van der Waals surface area contributed by atoms with Crippen molar-refractivity contribution in [3.63, 3.8) is 0 Å². The number of hydrogen-bond acceptors (Lipinski definition) is 4. The van der Waals surface area contributed by atoms with Gasteiger partial charge in [-0.3, -0.25) is 4.79 Å². The number of halogens is 1. The van der Waals surface area contributed by atoms with E-state index >= 15 is 0 Å². The lowest BCUT2D eigenvalue weighted by molar-refractivity contribution is 0.0786. The number of rotatable bonds is 5. The molecule has 0 fully saturated rings. The highest BCUT2D eigenvalue weighted by atomic mass is 35.5. The third kappa shape index (κ3) is 4.19. The first-order chi connectivity index (χ1) is 9.99. The number of hydrogen-bond donors (Lipinski definition) is 1. The lowest BCUT2D eigenvalue weighted by atomic mass is 10.1. The van der Waals surface area contributed by atoms with Crippen molar-refractivity contribution in [2.24, 2.45) is 0 Å². The van der Waals surface area contributed by atoms with E-state index in [1.54, 1.807) is 18.0 Å². The van der Waals surface area contributed by atoms with Crippen LogP contribution < -0.4 is 5.73 Å². The Labute approximate surface area is 133 Å². The Hall–Kier alpha value is -1.59. The van der Waals surface area contributed by atoms with Crippen LogP contribution in [0.15, 0.2) is 24.3 Å². The Morgan fingerprint density at radius 3 is 2.81 bits per heavy atom. The lowest BCUT2D eigenvalue weighted by Crippen LogP contribution is -2.26. The number of aromatic nitrogens is 1. The molecule has 0 bridgehead atoms. The molecule has 0 saturated carbocycles. The summed E-state index contributed by atoms with van der Waals surface area (Å²) >= 11 is 7.38. The molecule has 0 aromatic carbocycles. The van der Waals surface area contributed by atoms with E-state index in [9.17, 15) is 4.79 Å². The Kier molecular flexibility index (Phi) is 5.20. The topological polar surface area (TPSA) is 59.2 Å². The fraction of sp³-hybridized carbons (Fsp3) is 0.333. The number of nitrogens with zero attached hydrogens (tertiary/aromatic N) is 2. The number of pyridine rings is 1. The Morgan fingerprint density at radius 1 is 1.43 bits per heavy atom. The summed E-state index contributed by atoms with van der Waals surface area (Å²) in [6.07, 6.45) is 1.78. The molecule has 6 heteroatoms. The van der Waals surface area contributed by atoms with Gasteiger partial charge in [0.1, 0.15) is 5.82 Å². The molecule has 0 aliphatic heterocycles. The second-order valence-electron chi connectivity index (χ2n) is 4.89. The number of thiophene rings is 1. The molecule has 21 heavy (non-hydrogen) atoms. The van der Waals surface area contributed by atoms with Crippen LogP contribution >= 0.6 is 22.9 Å². The highest BCUT2D eigenvalue weighted by molar-refractivity contribution is 7.16. The van der Waals surface area contributed by atoms with Gasteiger partial charge in [0.05, 0.1) is 10.9 Å². The average molecular weight is 324 g/mol. The number of anilines is 1. The predicted molar refractivity (Wildman–Crippen MR) is 87.8 cm³/mol. The highest BCUT2D eigenvalue weighted by Gasteiger charge is 2.15. The Balaban J connectivity index is 2.14. The molecule has 2 N–H and O–H groups in total. The monoisotopic (exact) mass is 323 g/mol. The van der Waals surface area contributed by atoms with E-state index in [-0.39, 0.29) is 5.91 Å². The fourth-order valence-corrected chi connectivity index (χ4v) is 3.22. The van der Waals surface area contributed by atoms with Crippen molar-refractivity contribution in [3.05, 3.63) is 44.7 Å². The summed E-state index contributed by atoms with van der Waals surface area (Å²) < 4.78 is 0.726. The van der Waals surface area contributed by atoms with Gasteiger partial charge in [0.15, 0.2) is 0 Å². The van der Waals surface area contributed by atoms with Crippen LogP contribution in [0.1, 0.15) is 34.3 Å². The maximum Gasteiger partial charge on any atom is 0.254 e. The normalized spacial score (nSPS) is 10.6. The number of nitrogen functional groups attached to an aromatic ring is 1. The zero-order valence-corrected chi connectivity index (χ0v) is 13.7. The SMILES string of the molecule is CCCc1cc(C(=O)N(C)Cc2ccc(Cl)s2)cc(N)n1. The van der Waals surface area contributed by atoms with Crippen molar-refractivity contribution in [1.82, 2.24) is 9.88 Å². The fourth-order valence-electron chi connectivity index (χ4n) is 2.08. The first kappa shape index (κ1) is 15.8. The van der Waals surface area contributed by atoms with E-state index in [0.29, 0.717) is 17.9 Å². The summed E-state index contributed by atoms with van der Waals surface area (Å²) in [6, 6.07) is 7.21. The summed E-state index contributed by atoms with van der Waals surface area (Å²) in [4.78, 5) is 19.4. The molecule has 2 heterocycles. The molecule has 0 radical (unpaired) electrons. The van der Waals surface area contributed by atoms with Gasteiger partial charge in [-0.1, -0.05) is 24.9 Å². The van der Waals surface area contributed by atoms with Crippen molar-refractivity contribution in [3.8, 4) is 0 Å². The Bertz CT molecular complexity index is 642. The summed E-state index contributed by atoms with van der Waals surface area (Å²) in [6.45, 7) is 2.60. The number of aryl methyl sites for hydroxylation is 1. The number of amides is 1. The van der Waals surface area contributed by atoms with Gasteiger partial charge in [-0.2, -0.15) is 0 Å². The lowest BCUT2D eigenvalue weighted by Gasteiger charge is -2.17. The van der Waals surface area contributed by atoms with Gasteiger partial charge in [-0.15, -0.1) is 11.3 Å². The van der Waals surface area contributed by atoms with Crippen LogP contribution in [0.25, 0.3) is 0 Å². The highest BCUT2D eigenvalue weighted by Crippen LogP contribution is 2.23. The van der Waals surface area contributed by atoms with Crippen LogP contribution in [0.3, 0.4) is 0 Å². The summed E-state index contributed by atoms with van der Waals surface area (Å²) in [5.41, 5.74) is 7.22. The van der Waals surface area contributed by atoms with E-state index in [4.69, 9.17) is 17.3 Å². The predicted octanol–water partition coefficient (Wildman–Crippen LogP) is 3.60. The van der Waals surface area contributed by atoms with Gasteiger partial charge in [0.25, 0.3) is 5.91 Å². The second-order valence-corrected chi connectivity index (χ2v) is 6.69. The van der Waals surface area contributed by atoms with Crippen molar-refractivity contribution in [2.75, 3.05) is 12.8 Å². The molecule has 112 valence electrons. The van der Waals surface area contributed by atoms with E-state index in [0.717, 1.165) is 27.7 Å². The van der Waals surface area contributed by atoms with Crippen LogP contribution in [-0.4, -0.2) is 22.8 Å². The van der Waals surface area contributed by atoms with Gasteiger partial charge in [0.2, 0.25) is 0 Å². The van der Waals surface area contributed by atoms with Gasteiger partial charge >= 0.3 is 0 Å². The molecule has 0 atom stereocenters. The molecule has 0 aliphatic rings. The minimum atomic E-state index is -0.0639. The van der Waals surface area contributed by atoms with E-state index in [1.165, 1.54) is 11.3 Å². The van der Waals surface area contributed by atoms with Crippen LogP contribution in [0, 0.1) is 0 Å². The van der Waals surface area contributed by atoms with Crippen LogP contribution in [0.4, 0.5) is 5.82 Å². The third-order valence-corrected chi connectivity index (χ3v) is 4.24. The Morgan fingerprint density at radius 2 is 2.19 bits per heavy atom. The molecule has 0 saturated heterocycles. The van der Waals surface area contributed by atoms with Crippen molar-refractivity contribution >= 4 is 34.7 Å². The zero-order chi connectivity index (χ0) is 15.4. The van der Waals surface area contributed by atoms with Gasteiger partial charge < -0.3 is 10.6 Å². The number of nitrogens with two attached hydrogens (primary N) is 1. The smallest absolute Gasteiger partial charge is 0.254 e. The molecule has 0 spiro atoms. The van der Waals surface area contributed by atoms with Gasteiger partial charge in [-0.05, 0) is 30.7 Å². The van der Waals surface area contributed by atoms with E-state index in [1.807, 2.05) is 18.2 Å². The third-order valence-electron chi connectivity index (χ3n) is 3.02. The molecule has 1 amide bonds. The molecule has 0 unspecified atom stereocenters. The molecular formula is C15H18ClN3OS. The molecule has 2 rings (SSSR count). The minimum absolute atomic E-state index is 0.0639. The van der Waals surface area contributed by atoms with Crippen molar-refractivity contribution < 1.29 is 4.79 Å². The first-order valence-electron chi connectivity index (χ1n) is 6.75. The van der Waals surface area contributed by atoms with Crippen LogP contribution in [0.2, 0.25) is 4.34 Å². The maximum absolute atomic E-state index is 12.5. The van der Waals surface area contributed by atoms with Gasteiger partial charge in [0, 0.05) is 23.2 Å². The van der Waals surface area contributed by atoms with E-state index < -0.39 is 0 Å². The van der Waals surface area contributed by atoms with Crippen molar-refractivity contribution in [1.29, 1.82) is 0 Å². The molecule has 2 aromatic heterocycles. The quantitative estimate of drug-likeness (QED) is 0.914. The number of carbonyl (C=O) groups excluding carboxylic acids is 1. The molecular weight excluding hydrogens is 306 g/mol. The molecule has 2 aromatic rings. The molecule has 4 nitrogen and oxygen atoms in total. The van der Waals surface area contributed by atoms with Gasteiger partial charge in [-0.25, -0.2) is 4.98 Å². The minimum Gasteiger partial charge on any atom is -0.384 e. The summed E-state index contributed by atoms with van der Waals surface area (Å²) in [5.74, 6) is 0.322. The van der Waals surface area contributed by atoms with Crippen LogP contribution in [0.5, 0.6) is 0 Å². The first-order valence-corrected chi connectivity index (χ1v) is 7.95. The molecule has 0 aliphatic carbocycles. The van der Waals surface area contributed by atoms with Crippen LogP contribution in [-0.2, 0) is 13.0 Å². The van der Waals surface area contributed by atoms with E-state index in [2.05, 4.69) is 11.9 Å². The largest absolute Gasteiger partial charge is 0.384 e. The summed E-state index contributed by atoms with van der Waals surface area (Å²) in [7, 11) is 1.77. The van der Waals surface area contributed by atoms with Crippen molar-refractivity contribution in [2.45, 2.75) is 26.3 Å².